The van der Waals surface area contributed by atoms with Gasteiger partial charge in [-0.15, -0.1) is 11.3 Å². The van der Waals surface area contributed by atoms with Gasteiger partial charge in [0.25, 0.3) is 0 Å². The standard InChI is InChI=1S/C18H22BrNS/c1-2-18(13-20-15-8-9-15,14-6-4-3-5-7-14)12-17-16(19)10-11-21-17/h3-7,10-11,15,20H,2,8-9,12-13H2,1H3. The quantitative estimate of drug-likeness (QED) is 0.716. The molecule has 1 saturated carbocycles. The van der Waals surface area contributed by atoms with Gasteiger partial charge in [0.2, 0.25) is 0 Å². The Morgan fingerprint density at radius 3 is 2.57 bits per heavy atom. The number of rotatable bonds is 7. The molecule has 3 heteroatoms. The average molecular weight is 364 g/mol. The topological polar surface area (TPSA) is 12.0 Å². The lowest BCUT2D eigenvalue weighted by atomic mass is 9.75. The zero-order valence-electron chi connectivity index (χ0n) is 12.4. The monoisotopic (exact) mass is 363 g/mol. The Morgan fingerprint density at radius 1 is 1.24 bits per heavy atom. The minimum atomic E-state index is 0.192. The van der Waals surface area contributed by atoms with Crippen LogP contribution < -0.4 is 5.32 Å². The predicted octanol–water partition coefficient (Wildman–Crippen LogP) is 5.15. The molecule has 1 aromatic heterocycles. The molecule has 1 atom stereocenters. The van der Waals surface area contributed by atoms with Gasteiger partial charge in [-0.3, -0.25) is 0 Å². The van der Waals surface area contributed by atoms with Crippen molar-refractivity contribution in [1.82, 2.24) is 5.32 Å². The van der Waals surface area contributed by atoms with Crippen molar-refractivity contribution in [1.29, 1.82) is 0 Å². The van der Waals surface area contributed by atoms with Gasteiger partial charge in [0.15, 0.2) is 0 Å². The van der Waals surface area contributed by atoms with Gasteiger partial charge in [-0.05, 0) is 58.6 Å². The minimum absolute atomic E-state index is 0.192. The van der Waals surface area contributed by atoms with Gasteiger partial charge in [-0.1, -0.05) is 37.3 Å². The van der Waals surface area contributed by atoms with Crippen molar-refractivity contribution in [2.24, 2.45) is 0 Å². The van der Waals surface area contributed by atoms with Crippen molar-refractivity contribution in [3.05, 3.63) is 56.7 Å². The van der Waals surface area contributed by atoms with E-state index in [-0.39, 0.29) is 5.41 Å². The van der Waals surface area contributed by atoms with Crippen LogP contribution in [0.2, 0.25) is 0 Å². The molecule has 21 heavy (non-hydrogen) atoms. The highest BCUT2D eigenvalue weighted by molar-refractivity contribution is 9.10. The molecule has 0 radical (unpaired) electrons. The molecule has 0 saturated heterocycles. The van der Waals surface area contributed by atoms with E-state index in [1.807, 2.05) is 11.3 Å². The van der Waals surface area contributed by atoms with Crippen LogP contribution in [0.5, 0.6) is 0 Å². The summed E-state index contributed by atoms with van der Waals surface area (Å²) in [5.74, 6) is 0. The summed E-state index contributed by atoms with van der Waals surface area (Å²) in [6.45, 7) is 3.39. The number of thiophene rings is 1. The molecule has 3 rings (SSSR count). The van der Waals surface area contributed by atoms with E-state index in [4.69, 9.17) is 0 Å². The van der Waals surface area contributed by atoms with Crippen LogP contribution in [0.4, 0.5) is 0 Å². The molecular formula is C18H22BrNS. The lowest BCUT2D eigenvalue weighted by molar-refractivity contribution is 0.378. The molecule has 0 amide bonds. The molecule has 1 aromatic carbocycles. The molecule has 0 spiro atoms. The van der Waals surface area contributed by atoms with Gasteiger partial charge >= 0.3 is 0 Å². The number of hydrogen-bond acceptors (Lipinski definition) is 2. The summed E-state index contributed by atoms with van der Waals surface area (Å²) >= 11 is 5.56. The molecule has 1 aliphatic rings. The zero-order chi connectivity index (χ0) is 14.7. The molecule has 0 bridgehead atoms. The third kappa shape index (κ3) is 3.58. The van der Waals surface area contributed by atoms with Gasteiger partial charge in [0, 0.05) is 27.4 Å². The fourth-order valence-electron chi connectivity index (χ4n) is 2.90. The number of benzene rings is 1. The van der Waals surface area contributed by atoms with Crippen molar-refractivity contribution in [2.45, 2.75) is 44.1 Å². The lowest BCUT2D eigenvalue weighted by Crippen LogP contribution is -2.40. The second-order valence-electron chi connectivity index (χ2n) is 6.02. The number of halogens is 1. The van der Waals surface area contributed by atoms with Gasteiger partial charge < -0.3 is 5.32 Å². The minimum Gasteiger partial charge on any atom is -0.313 e. The first kappa shape index (κ1) is 15.3. The van der Waals surface area contributed by atoms with Crippen LogP contribution in [-0.2, 0) is 11.8 Å². The Kier molecular flexibility index (Phi) is 4.82. The summed E-state index contributed by atoms with van der Waals surface area (Å²) in [7, 11) is 0. The van der Waals surface area contributed by atoms with E-state index in [0.29, 0.717) is 0 Å². The molecule has 2 aromatic rings. The maximum absolute atomic E-state index is 3.77. The van der Waals surface area contributed by atoms with Gasteiger partial charge in [0.1, 0.15) is 0 Å². The molecular weight excluding hydrogens is 342 g/mol. The Balaban J connectivity index is 1.89. The van der Waals surface area contributed by atoms with E-state index < -0.39 is 0 Å². The third-order valence-corrected chi connectivity index (χ3v) is 6.49. The van der Waals surface area contributed by atoms with Crippen molar-refractivity contribution >= 4 is 27.3 Å². The number of hydrogen-bond donors (Lipinski definition) is 1. The molecule has 1 unspecified atom stereocenters. The van der Waals surface area contributed by atoms with E-state index in [2.05, 4.69) is 69.9 Å². The lowest BCUT2D eigenvalue weighted by Gasteiger charge is -2.34. The molecule has 1 aliphatic carbocycles. The Morgan fingerprint density at radius 2 is 2.00 bits per heavy atom. The molecule has 1 heterocycles. The largest absolute Gasteiger partial charge is 0.313 e. The number of nitrogens with one attached hydrogen (secondary N) is 1. The Bertz CT molecular complexity index is 576. The molecule has 0 aliphatic heterocycles. The van der Waals surface area contributed by atoms with Crippen LogP contribution in [0, 0.1) is 0 Å². The maximum Gasteiger partial charge on any atom is 0.0314 e. The first-order chi connectivity index (χ1) is 10.2. The van der Waals surface area contributed by atoms with Crippen LogP contribution in [-0.4, -0.2) is 12.6 Å². The van der Waals surface area contributed by atoms with Gasteiger partial charge in [-0.2, -0.15) is 0 Å². The van der Waals surface area contributed by atoms with Crippen molar-refractivity contribution in [3.8, 4) is 0 Å². The third-order valence-electron chi connectivity index (χ3n) is 4.56. The highest BCUT2D eigenvalue weighted by Crippen LogP contribution is 2.36. The summed E-state index contributed by atoms with van der Waals surface area (Å²) in [4.78, 5) is 1.46. The Hall–Kier alpha value is -0.640. The van der Waals surface area contributed by atoms with Crippen molar-refractivity contribution < 1.29 is 0 Å². The zero-order valence-corrected chi connectivity index (χ0v) is 14.8. The summed E-state index contributed by atoms with van der Waals surface area (Å²) in [6, 6.07) is 13.9. The van der Waals surface area contributed by atoms with E-state index in [1.165, 1.54) is 27.8 Å². The van der Waals surface area contributed by atoms with Crippen molar-refractivity contribution in [2.75, 3.05) is 6.54 Å². The summed E-state index contributed by atoms with van der Waals surface area (Å²) in [5, 5.41) is 5.95. The van der Waals surface area contributed by atoms with Crippen LogP contribution in [0.3, 0.4) is 0 Å². The smallest absolute Gasteiger partial charge is 0.0314 e. The summed E-state index contributed by atoms with van der Waals surface area (Å²) in [5.41, 5.74) is 1.65. The van der Waals surface area contributed by atoms with Crippen LogP contribution in [0.15, 0.2) is 46.3 Å². The van der Waals surface area contributed by atoms with E-state index in [1.54, 1.807) is 0 Å². The first-order valence-electron chi connectivity index (χ1n) is 7.74. The summed E-state index contributed by atoms with van der Waals surface area (Å²) < 4.78 is 1.26. The van der Waals surface area contributed by atoms with Gasteiger partial charge in [0.05, 0.1) is 0 Å². The first-order valence-corrected chi connectivity index (χ1v) is 9.41. The van der Waals surface area contributed by atoms with Crippen LogP contribution in [0.25, 0.3) is 0 Å². The normalized spacial score (nSPS) is 17.6. The van der Waals surface area contributed by atoms with E-state index >= 15 is 0 Å². The molecule has 112 valence electrons. The van der Waals surface area contributed by atoms with Crippen molar-refractivity contribution in [3.63, 3.8) is 0 Å². The van der Waals surface area contributed by atoms with Crippen LogP contribution in [0.1, 0.15) is 36.6 Å². The Labute approximate surface area is 139 Å². The summed E-state index contributed by atoms with van der Waals surface area (Å²) in [6.07, 6.45) is 4.95. The van der Waals surface area contributed by atoms with Gasteiger partial charge in [-0.25, -0.2) is 0 Å². The maximum atomic E-state index is 3.77. The van der Waals surface area contributed by atoms with E-state index in [9.17, 15) is 0 Å². The molecule has 1 N–H and O–H groups in total. The SMILES string of the molecule is CCC(CNC1CC1)(Cc1sccc1Br)c1ccccc1. The fraction of sp³-hybridized carbons (Fsp3) is 0.444. The molecule has 1 fully saturated rings. The van der Waals surface area contributed by atoms with E-state index in [0.717, 1.165) is 25.4 Å². The predicted molar refractivity (Wildman–Crippen MR) is 95.2 cm³/mol. The van der Waals surface area contributed by atoms with Crippen LogP contribution >= 0.6 is 27.3 Å². The highest BCUT2D eigenvalue weighted by Gasteiger charge is 2.33. The molecule has 1 nitrogen and oxygen atoms in total. The second-order valence-corrected chi connectivity index (χ2v) is 7.88. The fourth-order valence-corrected chi connectivity index (χ4v) is 4.53. The highest BCUT2D eigenvalue weighted by atomic mass is 79.9. The average Bonchev–Trinajstić information content (AvgIpc) is 3.27. The second kappa shape index (κ2) is 6.64.